The van der Waals surface area contributed by atoms with Gasteiger partial charge in [0.1, 0.15) is 23.0 Å². The van der Waals surface area contributed by atoms with Crippen molar-refractivity contribution in [3.05, 3.63) is 108 Å². The quantitative estimate of drug-likeness (QED) is 0.165. The van der Waals surface area contributed by atoms with Crippen molar-refractivity contribution in [2.45, 2.75) is 24.5 Å². The second-order valence-electron chi connectivity index (χ2n) is 11.9. The minimum atomic E-state index is -4.39. The van der Waals surface area contributed by atoms with Crippen LogP contribution in [0.4, 0.5) is 23.2 Å². The molecule has 1 aliphatic rings. The SMILES string of the molecule is Cc1ccc(F)cc1S(=O)(=O)Nc1ccc(Oc2ccc3cc(C(=O)N4CCN(Cc5ccc(OCC(F)(F)F)cc5)CC4)n(C)c3c2)nc1. The van der Waals surface area contributed by atoms with Crippen LogP contribution in [0.15, 0.2) is 90.0 Å². The molecule has 1 saturated heterocycles. The van der Waals surface area contributed by atoms with E-state index in [1.807, 2.05) is 12.1 Å². The highest BCUT2D eigenvalue weighted by Crippen LogP contribution is 2.29. The third kappa shape index (κ3) is 8.17. The molecule has 1 fully saturated rings. The van der Waals surface area contributed by atoms with Crippen LogP contribution in [0, 0.1) is 12.7 Å². The molecule has 10 nitrogen and oxygen atoms in total. The fraction of sp³-hybridized carbons (Fsp3) is 0.257. The molecule has 3 heterocycles. The Kier molecular flexibility index (Phi) is 9.71. The Labute approximate surface area is 285 Å². The molecule has 15 heteroatoms. The van der Waals surface area contributed by atoms with Gasteiger partial charge in [-0.2, -0.15) is 13.2 Å². The van der Waals surface area contributed by atoms with Gasteiger partial charge in [0.2, 0.25) is 5.88 Å². The van der Waals surface area contributed by atoms with Crippen molar-refractivity contribution in [3.63, 3.8) is 0 Å². The molecule has 1 amide bonds. The molecular formula is C35H33F4N5O5S. The summed E-state index contributed by atoms with van der Waals surface area (Å²) in [7, 11) is -2.24. The lowest BCUT2D eigenvalue weighted by Gasteiger charge is -2.34. The number of nitrogens with zero attached hydrogens (tertiary/aromatic N) is 4. The number of alkyl halides is 3. The molecule has 0 bridgehead atoms. The predicted molar refractivity (Wildman–Crippen MR) is 178 cm³/mol. The van der Waals surface area contributed by atoms with E-state index in [0.717, 1.165) is 22.5 Å². The van der Waals surface area contributed by atoms with Crippen molar-refractivity contribution in [2.75, 3.05) is 37.5 Å². The number of aromatic nitrogens is 2. The summed E-state index contributed by atoms with van der Waals surface area (Å²) in [4.78, 5) is 21.6. The van der Waals surface area contributed by atoms with Crippen molar-refractivity contribution in [3.8, 4) is 17.4 Å². The van der Waals surface area contributed by atoms with E-state index in [2.05, 4.69) is 14.6 Å². The fourth-order valence-electron chi connectivity index (χ4n) is 5.66. The number of nitrogens with one attached hydrogen (secondary N) is 1. The largest absolute Gasteiger partial charge is 0.484 e. The summed E-state index contributed by atoms with van der Waals surface area (Å²) in [5.74, 6) is 0.0603. The molecule has 2 aromatic heterocycles. The molecule has 262 valence electrons. The van der Waals surface area contributed by atoms with E-state index in [9.17, 15) is 30.8 Å². The summed E-state index contributed by atoms with van der Waals surface area (Å²) in [5.41, 5.74) is 2.79. The molecule has 1 aliphatic heterocycles. The summed E-state index contributed by atoms with van der Waals surface area (Å²) in [5, 5.41) is 0.842. The first kappa shape index (κ1) is 34.7. The Hall–Kier alpha value is -5.15. The number of pyridine rings is 1. The molecule has 0 radical (unpaired) electrons. The first-order chi connectivity index (χ1) is 23.7. The van der Waals surface area contributed by atoms with Gasteiger partial charge in [0.05, 0.1) is 22.3 Å². The Balaban J connectivity index is 1.05. The van der Waals surface area contributed by atoms with E-state index in [1.54, 1.807) is 47.7 Å². The number of ether oxygens (including phenoxy) is 2. The number of hydrogen-bond donors (Lipinski definition) is 1. The monoisotopic (exact) mass is 711 g/mol. The van der Waals surface area contributed by atoms with Crippen LogP contribution < -0.4 is 14.2 Å². The molecule has 0 saturated carbocycles. The number of benzene rings is 3. The molecule has 0 atom stereocenters. The van der Waals surface area contributed by atoms with Gasteiger partial charge in [0.25, 0.3) is 15.9 Å². The Morgan fingerprint density at radius 3 is 2.32 bits per heavy atom. The third-order valence-corrected chi connectivity index (χ3v) is 9.80. The van der Waals surface area contributed by atoms with Crippen LogP contribution in [0.2, 0.25) is 0 Å². The van der Waals surface area contributed by atoms with E-state index in [1.165, 1.54) is 42.6 Å². The van der Waals surface area contributed by atoms with Gasteiger partial charge in [0.15, 0.2) is 6.61 Å². The maximum atomic E-state index is 13.7. The highest BCUT2D eigenvalue weighted by molar-refractivity contribution is 7.92. The van der Waals surface area contributed by atoms with Crippen molar-refractivity contribution >= 4 is 32.5 Å². The number of piperazine rings is 1. The normalized spacial score (nSPS) is 14.2. The summed E-state index contributed by atoms with van der Waals surface area (Å²) in [6.45, 7) is 3.14. The van der Waals surface area contributed by atoms with Crippen LogP contribution in [0.3, 0.4) is 0 Å². The summed E-state index contributed by atoms with van der Waals surface area (Å²) in [6, 6.07) is 20.2. The maximum Gasteiger partial charge on any atom is 0.422 e. The molecule has 3 aromatic carbocycles. The second kappa shape index (κ2) is 14.0. The maximum absolute atomic E-state index is 13.7. The Bertz CT molecular complexity index is 2110. The number of hydrogen-bond acceptors (Lipinski definition) is 7. The Morgan fingerprint density at radius 1 is 0.920 bits per heavy atom. The predicted octanol–water partition coefficient (Wildman–Crippen LogP) is 6.51. The zero-order valence-electron chi connectivity index (χ0n) is 27.1. The van der Waals surface area contributed by atoms with Crippen LogP contribution >= 0.6 is 0 Å². The zero-order valence-corrected chi connectivity index (χ0v) is 27.9. The van der Waals surface area contributed by atoms with Gasteiger partial charge in [0, 0.05) is 57.3 Å². The lowest BCUT2D eigenvalue weighted by Crippen LogP contribution is -2.48. The number of rotatable bonds is 10. The molecule has 0 unspecified atom stereocenters. The number of anilines is 1. The minimum Gasteiger partial charge on any atom is -0.484 e. The van der Waals surface area contributed by atoms with Gasteiger partial charge in [-0.1, -0.05) is 18.2 Å². The second-order valence-corrected chi connectivity index (χ2v) is 13.6. The number of carbonyl (C=O) groups is 1. The summed E-state index contributed by atoms with van der Waals surface area (Å²) >= 11 is 0. The number of halogens is 4. The average molecular weight is 712 g/mol. The van der Waals surface area contributed by atoms with Crippen molar-refractivity contribution < 1.29 is 40.2 Å². The lowest BCUT2D eigenvalue weighted by molar-refractivity contribution is -0.153. The fourth-order valence-corrected chi connectivity index (χ4v) is 6.96. The topological polar surface area (TPSA) is 106 Å². The molecule has 1 N–H and O–H groups in total. The van der Waals surface area contributed by atoms with E-state index >= 15 is 0 Å². The van der Waals surface area contributed by atoms with Crippen molar-refractivity contribution in [2.24, 2.45) is 7.05 Å². The van der Waals surface area contributed by atoms with E-state index in [-0.39, 0.29) is 28.1 Å². The van der Waals surface area contributed by atoms with E-state index in [0.29, 0.717) is 49.7 Å². The van der Waals surface area contributed by atoms with E-state index < -0.39 is 28.6 Å². The number of sulfonamides is 1. The van der Waals surface area contributed by atoms with Gasteiger partial charge < -0.3 is 18.9 Å². The van der Waals surface area contributed by atoms with Crippen LogP contribution in [0.25, 0.3) is 10.9 Å². The Morgan fingerprint density at radius 2 is 1.64 bits per heavy atom. The number of fused-ring (bicyclic) bond motifs is 1. The first-order valence-electron chi connectivity index (χ1n) is 15.6. The van der Waals surface area contributed by atoms with Gasteiger partial charge in [-0.3, -0.25) is 14.4 Å². The molecule has 0 aliphatic carbocycles. The molecule has 6 rings (SSSR count). The lowest BCUT2D eigenvalue weighted by atomic mass is 10.2. The number of aryl methyl sites for hydroxylation is 2. The number of amides is 1. The van der Waals surface area contributed by atoms with E-state index in [4.69, 9.17) is 9.47 Å². The first-order valence-corrected chi connectivity index (χ1v) is 17.0. The van der Waals surface area contributed by atoms with Crippen LogP contribution in [0.1, 0.15) is 21.6 Å². The highest BCUT2D eigenvalue weighted by Gasteiger charge is 2.28. The molecule has 0 spiro atoms. The molecular weight excluding hydrogens is 678 g/mol. The van der Waals surface area contributed by atoms with Gasteiger partial charge in [-0.25, -0.2) is 17.8 Å². The minimum absolute atomic E-state index is 0.106. The smallest absolute Gasteiger partial charge is 0.422 e. The highest BCUT2D eigenvalue weighted by atomic mass is 32.2. The zero-order chi connectivity index (χ0) is 35.6. The summed E-state index contributed by atoms with van der Waals surface area (Å²) < 4.78 is 91.4. The van der Waals surface area contributed by atoms with Crippen LogP contribution in [0.5, 0.6) is 17.4 Å². The van der Waals surface area contributed by atoms with Gasteiger partial charge in [-0.05, 0) is 66.6 Å². The summed E-state index contributed by atoms with van der Waals surface area (Å²) in [6.07, 6.45) is -3.10. The third-order valence-electron chi connectivity index (χ3n) is 8.28. The average Bonchev–Trinajstić information content (AvgIpc) is 3.41. The van der Waals surface area contributed by atoms with Gasteiger partial charge >= 0.3 is 6.18 Å². The van der Waals surface area contributed by atoms with Crippen molar-refractivity contribution in [1.29, 1.82) is 0 Å². The van der Waals surface area contributed by atoms with Crippen LogP contribution in [-0.4, -0.2) is 72.6 Å². The van der Waals surface area contributed by atoms with Crippen molar-refractivity contribution in [1.82, 2.24) is 19.4 Å². The van der Waals surface area contributed by atoms with Gasteiger partial charge in [-0.15, -0.1) is 0 Å². The molecule has 50 heavy (non-hydrogen) atoms. The van der Waals surface area contributed by atoms with Crippen LogP contribution in [-0.2, 0) is 23.6 Å². The number of carbonyl (C=O) groups excluding carboxylic acids is 1. The molecule has 5 aromatic rings. The standard InChI is InChI=1S/C35H33F4N5O5S/c1-23-3-7-26(36)18-32(23)50(46,47)41-27-8-12-33(40-20-27)49-29-11-6-25-17-31(42(2)30(25)19-29)34(45)44-15-13-43(14-16-44)21-24-4-9-28(10-5-24)48-22-35(37,38)39/h3-12,17-20,41H,13-16,21-22H2,1-2H3.